The number of urea groups is 4. The number of carbonyl (C=O) groups excluding carboxylic acids is 8. The number of hydrogen-bond acceptors (Lipinski definition) is 21. The Morgan fingerprint density at radius 1 is 0.517 bits per heavy atom. The lowest BCUT2D eigenvalue weighted by molar-refractivity contribution is 0.111. The van der Waals surface area contributed by atoms with Crippen molar-refractivity contribution in [2.75, 3.05) is 94.6 Å². The monoisotopic (exact) mass is 1220 g/mol. The molecule has 0 atom stereocenters. The first kappa shape index (κ1) is 66.0. The summed E-state index contributed by atoms with van der Waals surface area (Å²) in [7, 11) is 7.68. The fourth-order valence-electron chi connectivity index (χ4n) is 6.41. The first-order valence-corrected chi connectivity index (χ1v) is 25.6. The number of anilines is 9. The molecule has 8 aromatic heterocycles. The van der Waals surface area contributed by atoms with E-state index in [4.69, 9.17) is 38.5 Å². The van der Waals surface area contributed by atoms with Gasteiger partial charge in [0, 0.05) is 77.6 Å². The number of nitriles is 2. The van der Waals surface area contributed by atoms with Gasteiger partial charge in [-0.3, -0.25) is 60.0 Å². The van der Waals surface area contributed by atoms with Crippen LogP contribution in [0, 0.1) is 22.7 Å². The molecule has 31 heteroatoms. The molecular formula is C56H50Cl2N20O9. The Bertz CT molecular complexity index is 3700. The molecule has 0 fully saturated rings. The third kappa shape index (κ3) is 20.9. The van der Waals surface area contributed by atoms with Crippen molar-refractivity contribution in [1.29, 1.82) is 10.5 Å². The first-order chi connectivity index (χ1) is 41.9. The molecule has 29 nitrogen and oxygen atoms in total. The van der Waals surface area contributed by atoms with Crippen molar-refractivity contribution in [2.45, 2.75) is 0 Å². The number of aromatic nitrogens is 9. The number of pyridine rings is 7. The predicted molar refractivity (Wildman–Crippen MR) is 323 cm³/mol. The Balaban J connectivity index is 0.000000213. The van der Waals surface area contributed by atoms with Crippen LogP contribution in [0.4, 0.5) is 71.4 Å². The number of ether oxygens (including phenoxy) is 1. The number of nitrogens with one attached hydrogen (secondary N) is 5. The van der Waals surface area contributed by atoms with E-state index in [0.29, 0.717) is 95.0 Å². The molecule has 5 N–H and O–H groups in total. The number of carbonyl (C=O) groups is 8. The van der Waals surface area contributed by atoms with Crippen molar-refractivity contribution in [3.05, 3.63) is 178 Å². The van der Waals surface area contributed by atoms with Crippen molar-refractivity contribution in [2.24, 2.45) is 0 Å². The van der Waals surface area contributed by atoms with Crippen LogP contribution in [-0.4, -0.2) is 143 Å². The quantitative estimate of drug-likeness (QED) is 0.0344. The van der Waals surface area contributed by atoms with Gasteiger partial charge in [0.2, 0.25) is 0 Å². The lowest BCUT2D eigenvalue weighted by atomic mass is 10.2. The summed E-state index contributed by atoms with van der Waals surface area (Å²) in [5.41, 5.74) is 2.26. The van der Waals surface area contributed by atoms with Crippen molar-refractivity contribution in [3.8, 4) is 12.1 Å². The van der Waals surface area contributed by atoms with Gasteiger partial charge in [-0.05, 0) is 72.8 Å². The number of rotatable bonds is 16. The van der Waals surface area contributed by atoms with Crippen LogP contribution in [0.2, 0.25) is 10.2 Å². The summed E-state index contributed by atoms with van der Waals surface area (Å²) in [6.07, 6.45) is 7.91. The van der Waals surface area contributed by atoms with Crippen LogP contribution < -0.4 is 46.2 Å². The van der Waals surface area contributed by atoms with Crippen molar-refractivity contribution < 1.29 is 43.1 Å². The Morgan fingerprint density at radius 3 is 1.32 bits per heavy atom. The van der Waals surface area contributed by atoms with Crippen LogP contribution >= 0.6 is 23.2 Å². The Labute approximate surface area is 506 Å². The van der Waals surface area contributed by atoms with Gasteiger partial charge in [0.15, 0.2) is 25.1 Å². The molecule has 0 aliphatic carbocycles. The highest BCUT2D eigenvalue weighted by atomic mass is 35.5. The zero-order valence-electron chi connectivity index (χ0n) is 46.6. The molecule has 8 heterocycles. The molecule has 0 radical (unpaired) electrons. The Hall–Kier alpha value is -11.8. The summed E-state index contributed by atoms with van der Waals surface area (Å²) < 4.78 is 4.96. The third-order valence-electron chi connectivity index (χ3n) is 10.9. The fraction of sp³-hybridized carbons (Fsp3) is 0.125. The maximum absolute atomic E-state index is 12.4. The molecule has 0 aliphatic heterocycles. The molecule has 0 aromatic carbocycles. The molecule has 0 aliphatic rings. The summed E-state index contributed by atoms with van der Waals surface area (Å²) in [5, 5.41) is 31.9. The number of methoxy groups -OCH3 is 1. The van der Waals surface area contributed by atoms with Gasteiger partial charge < -0.3 is 10.1 Å². The van der Waals surface area contributed by atoms with E-state index in [2.05, 4.69) is 71.4 Å². The first-order valence-electron chi connectivity index (χ1n) is 24.9. The van der Waals surface area contributed by atoms with Crippen LogP contribution in [0.1, 0.15) is 53.1 Å². The van der Waals surface area contributed by atoms with Crippen LogP contribution in [-0.2, 0) is 4.74 Å². The van der Waals surface area contributed by atoms with Crippen molar-refractivity contribution >= 4 is 125 Å². The smallest absolute Gasteiger partial charge is 0.328 e. The van der Waals surface area contributed by atoms with E-state index in [-0.39, 0.29) is 39.6 Å². The highest BCUT2D eigenvalue weighted by Gasteiger charge is 2.18. The number of nitrogens with zero attached hydrogens (tertiary/aromatic N) is 15. The molecular weight excluding hydrogens is 1170 g/mol. The summed E-state index contributed by atoms with van der Waals surface area (Å²) in [5.74, 6) is 2.55. The van der Waals surface area contributed by atoms with Gasteiger partial charge in [-0.2, -0.15) is 10.5 Å². The van der Waals surface area contributed by atoms with Gasteiger partial charge in [-0.25, -0.2) is 64.0 Å². The van der Waals surface area contributed by atoms with Crippen molar-refractivity contribution in [3.63, 3.8) is 0 Å². The maximum atomic E-state index is 12.4. The average Bonchev–Trinajstić information content (AvgIpc) is 3.73. The average molecular weight is 1220 g/mol. The molecule has 0 saturated carbocycles. The van der Waals surface area contributed by atoms with Crippen molar-refractivity contribution in [1.82, 2.24) is 44.9 Å². The van der Waals surface area contributed by atoms with E-state index in [9.17, 15) is 38.4 Å². The molecule has 442 valence electrons. The Kier molecular flexibility index (Phi) is 25.8. The van der Waals surface area contributed by atoms with Gasteiger partial charge in [0.05, 0.1) is 23.4 Å². The molecule has 8 amide bonds. The number of halogens is 2. The summed E-state index contributed by atoms with van der Waals surface area (Å²) >= 11 is 11.5. The highest BCUT2D eigenvalue weighted by molar-refractivity contribution is 6.31. The van der Waals surface area contributed by atoms with Crippen LogP contribution in [0.3, 0.4) is 0 Å². The molecule has 8 rings (SSSR count). The van der Waals surface area contributed by atoms with E-state index < -0.39 is 24.1 Å². The van der Waals surface area contributed by atoms with Gasteiger partial charge in [-0.1, -0.05) is 47.5 Å². The summed E-state index contributed by atoms with van der Waals surface area (Å²) in [6.45, 7) is 0.973. The zero-order valence-corrected chi connectivity index (χ0v) is 48.1. The van der Waals surface area contributed by atoms with Gasteiger partial charge in [-0.15, -0.1) is 0 Å². The number of hydrogen-bond donors (Lipinski definition) is 5. The van der Waals surface area contributed by atoms with E-state index in [1.165, 1.54) is 90.9 Å². The minimum absolute atomic E-state index is 0.221. The van der Waals surface area contributed by atoms with Crippen LogP contribution in [0.5, 0.6) is 0 Å². The van der Waals surface area contributed by atoms with Gasteiger partial charge >= 0.3 is 24.1 Å². The standard InChI is InChI=1S/C17H18N6O3.C14H11N5O2.C13H11ClN4O2.C12H10ClN5O2/c1-23(16-5-3-4-13(11-24)21-16)17(25)22-15-8-14(19-6-7-26-2)12(9-18)10-20-15;1-19(13-4-2-3-11(9-20)17-13)14(21)18-12-6-5-10(7-15)8-16-12;1-18(12-4-2-3-10(8-19)16-12)13(20)17-11-7-9(14)5-6-15-11;1-18(11-4-2-3-8(6-19)16-11)12(20)17-10-5-9(13)14-7-15-10/h3-5,8,10-11H,6-7H2,1-2H3,(H2,19,20,22,25);2-6,8-9H,1H3,(H,16,18,21);2-8H,1H3,(H,15,17,20);2-7H,1H3,(H,14,15,17,20). The second-order valence-electron chi connectivity index (χ2n) is 16.9. The number of amides is 8. The topological polar surface area (TPSA) is 382 Å². The predicted octanol–water partition coefficient (Wildman–Crippen LogP) is 8.33. The van der Waals surface area contributed by atoms with E-state index in [1.54, 1.807) is 98.1 Å². The molecule has 8 aromatic rings. The van der Waals surface area contributed by atoms with Gasteiger partial charge in [0.1, 0.15) is 92.9 Å². The van der Waals surface area contributed by atoms with E-state index in [0.717, 1.165) is 0 Å². The Morgan fingerprint density at radius 2 is 0.943 bits per heavy atom. The van der Waals surface area contributed by atoms with E-state index >= 15 is 0 Å². The molecule has 87 heavy (non-hydrogen) atoms. The SMILES string of the molecule is CN(C(=O)Nc1cc(Cl)ccn1)c1cccc(C=O)n1.CN(C(=O)Nc1cc(Cl)ncn1)c1cccc(C=O)n1.CN(C(=O)Nc1ccc(C#N)cn1)c1cccc(C=O)n1.COCCNc1cc(NC(=O)N(C)c2cccc(C=O)n2)ncc1C#N. The summed E-state index contributed by atoms with van der Waals surface area (Å²) in [6, 6.07) is 30.5. The lowest BCUT2D eigenvalue weighted by Gasteiger charge is -2.17. The largest absolute Gasteiger partial charge is 0.383 e. The number of aldehydes is 4. The lowest BCUT2D eigenvalue weighted by Crippen LogP contribution is -2.32. The zero-order chi connectivity index (χ0) is 63.3. The normalized spacial score (nSPS) is 9.80. The van der Waals surface area contributed by atoms with E-state index in [1.807, 2.05) is 12.1 Å². The highest BCUT2D eigenvalue weighted by Crippen LogP contribution is 2.20. The van der Waals surface area contributed by atoms with Crippen LogP contribution in [0.25, 0.3) is 0 Å². The molecule has 0 saturated heterocycles. The maximum Gasteiger partial charge on any atom is 0.328 e. The second-order valence-corrected chi connectivity index (χ2v) is 17.7. The minimum atomic E-state index is -0.486. The third-order valence-corrected chi connectivity index (χ3v) is 11.4. The van der Waals surface area contributed by atoms with Crippen LogP contribution in [0.15, 0.2) is 134 Å². The summed E-state index contributed by atoms with van der Waals surface area (Å²) in [4.78, 5) is 132. The second kappa shape index (κ2) is 34.0. The molecule has 0 bridgehead atoms. The minimum Gasteiger partial charge on any atom is -0.383 e. The molecule has 0 unspecified atom stereocenters. The fourth-order valence-corrected chi connectivity index (χ4v) is 6.72. The molecule has 0 spiro atoms. The van der Waals surface area contributed by atoms with Gasteiger partial charge in [0.25, 0.3) is 0 Å².